The predicted molar refractivity (Wildman–Crippen MR) is 136 cm³/mol. The fourth-order valence-corrected chi connectivity index (χ4v) is 4.11. The number of aryl methyl sites for hydroxylation is 2. The van der Waals surface area contributed by atoms with Crippen LogP contribution >= 0.6 is 0 Å². The average Bonchev–Trinajstić information content (AvgIpc) is 3.56. The fourth-order valence-electron chi connectivity index (χ4n) is 4.11. The largest absolute Gasteiger partial charge is 0.435 e. The molecule has 36 heavy (non-hydrogen) atoms. The molecule has 0 unspecified atom stereocenters. The number of carbonyl (C=O) groups excluding carboxylic acids is 1. The molecule has 0 saturated carbocycles. The van der Waals surface area contributed by atoms with Gasteiger partial charge in [0.15, 0.2) is 0 Å². The van der Waals surface area contributed by atoms with Crippen LogP contribution in [0.25, 0.3) is 27.9 Å². The molecular weight excluding hydrogens is 454 g/mol. The number of oxazole rings is 1. The molecule has 9 nitrogen and oxygen atoms in total. The zero-order valence-corrected chi connectivity index (χ0v) is 21.3. The number of benzene rings is 1. The van der Waals surface area contributed by atoms with Crippen molar-refractivity contribution < 1.29 is 9.21 Å². The van der Waals surface area contributed by atoms with Crippen molar-refractivity contribution in [2.45, 2.75) is 46.6 Å². The number of nitrogens with one attached hydrogen (secondary N) is 1. The third kappa shape index (κ3) is 4.28. The lowest BCUT2D eigenvalue weighted by atomic mass is 9.97. The summed E-state index contributed by atoms with van der Waals surface area (Å²) in [5.74, 6) is 0.465. The lowest BCUT2D eigenvalue weighted by Crippen LogP contribution is -2.22. The Morgan fingerprint density at radius 2 is 1.86 bits per heavy atom. The molecule has 0 bridgehead atoms. The Bertz CT molecular complexity index is 1580. The van der Waals surface area contributed by atoms with Crippen LogP contribution in [-0.4, -0.2) is 35.3 Å². The van der Waals surface area contributed by atoms with Gasteiger partial charge in [-0.05, 0) is 37.1 Å². The van der Waals surface area contributed by atoms with Gasteiger partial charge in [-0.15, -0.1) is 0 Å². The van der Waals surface area contributed by atoms with Gasteiger partial charge in [-0.3, -0.25) is 9.48 Å². The summed E-state index contributed by atoms with van der Waals surface area (Å²) in [6.45, 7) is 10.4. The maximum atomic E-state index is 12.6. The molecule has 4 aromatic heterocycles. The summed E-state index contributed by atoms with van der Waals surface area (Å²) in [7, 11) is 1.93. The Morgan fingerprint density at radius 3 is 2.53 bits per heavy atom. The molecular formula is C27H29N7O2. The summed E-state index contributed by atoms with van der Waals surface area (Å²) in [5, 5.41) is 11.7. The maximum Gasteiger partial charge on any atom is 0.288 e. The van der Waals surface area contributed by atoms with E-state index >= 15 is 0 Å². The highest BCUT2D eigenvalue weighted by molar-refractivity contribution is 5.91. The summed E-state index contributed by atoms with van der Waals surface area (Å²) < 4.78 is 9.35. The minimum atomic E-state index is -0.287. The number of rotatable bonds is 5. The van der Waals surface area contributed by atoms with Gasteiger partial charge in [0.1, 0.15) is 6.33 Å². The molecule has 9 heteroatoms. The topological polar surface area (TPSA) is 103 Å². The highest BCUT2D eigenvalue weighted by atomic mass is 16.4. The SMILES string of the molecule is Cc1cc(-c2ncnn3cc(-c4cnn(C)c4C)cc23)ccc1CNC(=O)c1cnc(C(C)(C)C)o1. The average molecular weight is 484 g/mol. The minimum absolute atomic E-state index is 0.213. The molecule has 0 aliphatic carbocycles. The van der Waals surface area contributed by atoms with Crippen LogP contribution in [0.3, 0.4) is 0 Å². The van der Waals surface area contributed by atoms with E-state index in [2.05, 4.69) is 37.6 Å². The van der Waals surface area contributed by atoms with E-state index in [0.29, 0.717) is 12.4 Å². The van der Waals surface area contributed by atoms with Crippen LogP contribution < -0.4 is 5.32 Å². The summed E-state index contributed by atoms with van der Waals surface area (Å²) in [5.41, 5.74) is 7.73. The molecule has 4 heterocycles. The second kappa shape index (κ2) is 8.75. The molecule has 1 N–H and O–H groups in total. The minimum Gasteiger partial charge on any atom is -0.435 e. The highest BCUT2D eigenvalue weighted by Crippen LogP contribution is 2.30. The van der Waals surface area contributed by atoms with Gasteiger partial charge in [0.2, 0.25) is 11.7 Å². The van der Waals surface area contributed by atoms with Gasteiger partial charge >= 0.3 is 0 Å². The molecule has 1 amide bonds. The van der Waals surface area contributed by atoms with E-state index < -0.39 is 0 Å². The smallest absolute Gasteiger partial charge is 0.288 e. The van der Waals surface area contributed by atoms with Crippen molar-refractivity contribution in [1.82, 2.24) is 34.7 Å². The van der Waals surface area contributed by atoms with Crippen molar-refractivity contribution in [2.24, 2.45) is 7.05 Å². The molecule has 0 saturated heterocycles. The highest BCUT2D eigenvalue weighted by Gasteiger charge is 2.22. The van der Waals surface area contributed by atoms with Crippen molar-refractivity contribution in [3.05, 3.63) is 77.7 Å². The number of carbonyl (C=O) groups is 1. The zero-order chi connectivity index (χ0) is 25.6. The van der Waals surface area contributed by atoms with Crippen LogP contribution in [0.15, 0.2) is 53.6 Å². The molecule has 0 aliphatic rings. The molecule has 184 valence electrons. The Hall–Kier alpha value is -4.27. The predicted octanol–water partition coefficient (Wildman–Crippen LogP) is 4.63. The Labute approximate surface area is 209 Å². The van der Waals surface area contributed by atoms with E-state index in [-0.39, 0.29) is 17.1 Å². The summed E-state index contributed by atoms with van der Waals surface area (Å²) >= 11 is 0. The van der Waals surface area contributed by atoms with Crippen LogP contribution in [0.4, 0.5) is 0 Å². The van der Waals surface area contributed by atoms with Gasteiger partial charge < -0.3 is 9.73 Å². The van der Waals surface area contributed by atoms with Crippen LogP contribution in [0.5, 0.6) is 0 Å². The first-order valence-electron chi connectivity index (χ1n) is 11.8. The van der Waals surface area contributed by atoms with Crippen molar-refractivity contribution >= 4 is 11.4 Å². The second-order valence-electron chi connectivity index (χ2n) is 10.0. The number of hydrogen-bond donors (Lipinski definition) is 1. The van der Waals surface area contributed by atoms with Crippen LogP contribution in [-0.2, 0) is 19.0 Å². The van der Waals surface area contributed by atoms with Crippen molar-refractivity contribution in [3.8, 4) is 22.4 Å². The van der Waals surface area contributed by atoms with Gasteiger partial charge in [-0.2, -0.15) is 10.2 Å². The molecule has 1 aromatic carbocycles. The molecule has 0 fully saturated rings. The summed E-state index contributed by atoms with van der Waals surface area (Å²) in [6.07, 6.45) is 6.91. The monoisotopic (exact) mass is 483 g/mol. The van der Waals surface area contributed by atoms with Crippen molar-refractivity contribution in [1.29, 1.82) is 0 Å². The van der Waals surface area contributed by atoms with Gasteiger partial charge in [0.05, 0.1) is 23.6 Å². The summed E-state index contributed by atoms with van der Waals surface area (Å²) in [6, 6.07) is 8.20. The second-order valence-corrected chi connectivity index (χ2v) is 10.0. The molecule has 0 radical (unpaired) electrons. The molecule has 5 aromatic rings. The van der Waals surface area contributed by atoms with Crippen LogP contribution in [0.1, 0.15) is 54.0 Å². The Morgan fingerprint density at radius 1 is 1.06 bits per heavy atom. The van der Waals surface area contributed by atoms with Crippen LogP contribution in [0.2, 0.25) is 0 Å². The molecule has 0 atom stereocenters. The van der Waals surface area contributed by atoms with Crippen molar-refractivity contribution in [2.75, 3.05) is 0 Å². The Balaban J connectivity index is 1.37. The van der Waals surface area contributed by atoms with Crippen LogP contribution in [0, 0.1) is 13.8 Å². The molecule has 5 rings (SSSR count). The standard InChI is InChI=1S/C27H29N7O2/c1-16-9-18(7-8-19(16)11-28-25(35)23-13-29-26(36-23)27(3,4)5)24-22-10-20(14-34(22)32-15-30-24)21-12-31-33(6)17(21)2/h7-10,12-15H,11H2,1-6H3,(H,28,35). The lowest BCUT2D eigenvalue weighted by Gasteiger charge is -2.12. The van der Waals surface area contributed by atoms with E-state index in [1.54, 1.807) is 6.33 Å². The van der Waals surface area contributed by atoms with Gasteiger partial charge in [-0.1, -0.05) is 32.9 Å². The number of hydrogen-bond acceptors (Lipinski definition) is 6. The Kier molecular flexibility index (Phi) is 5.70. The zero-order valence-electron chi connectivity index (χ0n) is 21.3. The van der Waals surface area contributed by atoms with Crippen molar-refractivity contribution in [3.63, 3.8) is 0 Å². The van der Waals surface area contributed by atoms with E-state index in [4.69, 9.17) is 4.42 Å². The quantitative estimate of drug-likeness (QED) is 0.391. The fraction of sp³-hybridized carbons (Fsp3) is 0.296. The molecule has 0 aliphatic heterocycles. The number of aromatic nitrogens is 6. The normalized spacial score (nSPS) is 11.8. The number of nitrogens with zero attached hydrogens (tertiary/aromatic N) is 6. The maximum absolute atomic E-state index is 12.6. The van der Waals surface area contributed by atoms with E-state index in [1.807, 2.05) is 75.4 Å². The third-order valence-corrected chi connectivity index (χ3v) is 6.38. The lowest BCUT2D eigenvalue weighted by molar-refractivity contribution is 0.0919. The first-order chi connectivity index (χ1) is 17.1. The van der Waals surface area contributed by atoms with E-state index in [9.17, 15) is 4.79 Å². The first-order valence-corrected chi connectivity index (χ1v) is 11.8. The van der Waals surface area contributed by atoms with E-state index in [0.717, 1.165) is 44.7 Å². The first kappa shape index (κ1) is 23.5. The van der Waals surface area contributed by atoms with Gasteiger partial charge in [0, 0.05) is 47.6 Å². The number of amides is 1. The van der Waals surface area contributed by atoms with Gasteiger partial charge in [0.25, 0.3) is 5.91 Å². The summed E-state index contributed by atoms with van der Waals surface area (Å²) in [4.78, 5) is 21.4. The molecule has 0 spiro atoms. The van der Waals surface area contributed by atoms with Gasteiger partial charge in [-0.25, -0.2) is 14.5 Å². The third-order valence-electron chi connectivity index (χ3n) is 6.38. The van der Waals surface area contributed by atoms with E-state index in [1.165, 1.54) is 6.20 Å². The number of fused-ring (bicyclic) bond motifs is 1.